The van der Waals surface area contributed by atoms with Gasteiger partial charge in [-0.05, 0) is 30.9 Å². The third-order valence-corrected chi connectivity index (χ3v) is 4.47. The SMILES string of the molecule is O=C1C(C(F)(F)F)CN(CC2CC2)N1c1ccc(C(F)(F)F)cc1[N+](=O)[O-]. The van der Waals surface area contributed by atoms with Crippen LogP contribution in [0.5, 0.6) is 0 Å². The van der Waals surface area contributed by atoms with Gasteiger partial charge in [-0.2, -0.15) is 26.3 Å². The van der Waals surface area contributed by atoms with E-state index in [4.69, 9.17) is 0 Å². The topological polar surface area (TPSA) is 66.7 Å². The largest absolute Gasteiger partial charge is 0.416 e. The summed E-state index contributed by atoms with van der Waals surface area (Å²) >= 11 is 0. The van der Waals surface area contributed by atoms with E-state index in [1.54, 1.807) is 0 Å². The standard InChI is InChI=1S/C15H13F6N3O3/c16-14(17,18)9-3-4-11(12(5-9)24(26)27)23-13(25)10(15(19,20)21)7-22(23)6-8-1-2-8/h3-5,8,10H,1-2,6-7H2. The first-order valence-electron chi connectivity index (χ1n) is 7.90. The van der Waals surface area contributed by atoms with E-state index in [-0.39, 0.29) is 18.5 Å². The highest BCUT2D eigenvalue weighted by Gasteiger charge is 2.55. The molecule has 1 aliphatic heterocycles. The second-order valence-corrected chi connectivity index (χ2v) is 6.52. The number of halogens is 6. The van der Waals surface area contributed by atoms with Gasteiger partial charge in [0, 0.05) is 19.2 Å². The average molecular weight is 397 g/mol. The lowest BCUT2D eigenvalue weighted by molar-refractivity contribution is -0.384. The molecule has 1 heterocycles. The van der Waals surface area contributed by atoms with Crippen molar-refractivity contribution in [2.45, 2.75) is 25.2 Å². The van der Waals surface area contributed by atoms with Gasteiger partial charge in [-0.1, -0.05) is 0 Å². The molecule has 0 N–H and O–H groups in total. The van der Waals surface area contributed by atoms with Gasteiger partial charge in [-0.15, -0.1) is 0 Å². The number of rotatable bonds is 4. The van der Waals surface area contributed by atoms with Gasteiger partial charge in [0.1, 0.15) is 11.6 Å². The van der Waals surface area contributed by atoms with Crippen LogP contribution in [-0.4, -0.2) is 35.1 Å². The molecule has 1 aromatic rings. The summed E-state index contributed by atoms with van der Waals surface area (Å²) in [5.74, 6) is -3.79. The number of hydrazine groups is 1. The Morgan fingerprint density at radius 1 is 1.15 bits per heavy atom. The molecule has 1 atom stereocenters. The Labute approximate surface area is 148 Å². The minimum absolute atomic E-state index is 0.0424. The zero-order valence-corrected chi connectivity index (χ0v) is 13.5. The maximum Gasteiger partial charge on any atom is 0.416 e. The van der Waals surface area contributed by atoms with Crippen molar-refractivity contribution < 1.29 is 36.1 Å². The normalized spacial score (nSPS) is 21.8. The summed E-state index contributed by atoms with van der Waals surface area (Å²) in [5.41, 5.74) is -3.02. The van der Waals surface area contributed by atoms with Crippen LogP contribution in [0, 0.1) is 22.0 Å². The van der Waals surface area contributed by atoms with E-state index >= 15 is 0 Å². The van der Waals surface area contributed by atoms with E-state index in [1.165, 1.54) is 0 Å². The van der Waals surface area contributed by atoms with Crippen LogP contribution in [0.4, 0.5) is 37.7 Å². The predicted octanol–water partition coefficient (Wildman–Crippen LogP) is 3.77. The molecule has 2 fully saturated rings. The quantitative estimate of drug-likeness (QED) is 0.441. The van der Waals surface area contributed by atoms with Gasteiger partial charge in [0.25, 0.3) is 11.6 Å². The predicted molar refractivity (Wildman–Crippen MR) is 79.4 cm³/mol. The number of anilines is 1. The van der Waals surface area contributed by atoms with Crippen molar-refractivity contribution in [3.8, 4) is 0 Å². The van der Waals surface area contributed by atoms with Gasteiger partial charge < -0.3 is 0 Å². The van der Waals surface area contributed by atoms with Crippen molar-refractivity contribution in [2.24, 2.45) is 11.8 Å². The summed E-state index contributed by atoms with van der Waals surface area (Å²) in [6, 6.07) is 1.39. The number of carbonyl (C=O) groups is 1. The van der Waals surface area contributed by atoms with Crippen LogP contribution >= 0.6 is 0 Å². The van der Waals surface area contributed by atoms with E-state index in [2.05, 4.69) is 0 Å². The summed E-state index contributed by atoms with van der Waals surface area (Å²) < 4.78 is 77.9. The molecule has 3 rings (SSSR count). The minimum atomic E-state index is -4.87. The highest BCUT2D eigenvalue weighted by Crippen LogP contribution is 2.43. The lowest BCUT2D eigenvalue weighted by Crippen LogP contribution is -2.41. The molecule has 1 aliphatic carbocycles. The molecule has 0 spiro atoms. The Kier molecular flexibility index (Phi) is 4.57. The molecule has 0 radical (unpaired) electrons. The molecule has 2 aliphatic rings. The van der Waals surface area contributed by atoms with Crippen LogP contribution in [0.1, 0.15) is 18.4 Å². The van der Waals surface area contributed by atoms with Crippen LogP contribution in [0.3, 0.4) is 0 Å². The maximum atomic E-state index is 13.1. The fourth-order valence-corrected chi connectivity index (χ4v) is 2.95. The number of carbonyl (C=O) groups excluding carboxylic acids is 1. The van der Waals surface area contributed by atoms with Gasteiger partial charge in [0.2, 0.25) is 0 Å². The Hall–Kier alpha value is -2.37. The summed E-state index contributed by atoms with van der Waals surface area (Å²) in [7, 11) is 0. The summed E-state index contributed by atoms with van der Waals surface area (Å²) in [5, 5.41) is 12.8. The summed E-state index contributed by atoms with van der Waals surface area (Å²) in [6.07, 6.45) is -8.26. The number of nitro benzene ring substituents is 1. The van der Waals surface area contributed by atoms with E-state index in [0.717, 1.165) is 17.9 Å². The van der Waals surface area contributed by atoms with Crippen molar-refractivity contribution in [1.29, 1.82) is 0 Å². The molecular formula is C15H13F6N3O3. The molecule has 148 valence electrons. The Morgan fingerprint density at radius 2 is 1.78 bits per heavy atom. The first kappa shape index (κ1) is 19.4. The fraction of sp³-hybridized carbons (Fsp3) is 0.533. The number of amides is 1. The van der Waals surface area contributed by atoms with E-state index in [0.29, 0.717) is 17.1 Å². The van der Waals surface area contributed by atoms with Crippen molar-refractivity contribution in [3.63, 3.8) is 0 Å². The fourth-order valence-electron chi connectivity index (χ4n) is 2.95. The molecule has 1 saturated carbocycles. The molecule has 6 nitrogen and oxygen atoms in total. The lowest BCUT2D eigenvalue weighted by Gasteiger charge is -2.27. The van der Waals surface area contributed by atoms with Crippen LogP contribution in [0.2, 0.25) is 0 Å². The Balaban J connectivity index is 2.05. The zero-order valence-electron chi connectivity index (χ0n) is 13.5. The number of hydrogen-bond donors (Lipinski definition) is 0. The molecule has 1 amide bonds. The average Bonchev–Trinajstić information content (AvgIpc) is 3.27. The molecule has 27 heavy (non-hydrogen) atoms. The first-order valence-corrected chi connectivity index (χ1v) is 7.90. The molecule has 12 heteroatoms. The second-order valence-electron chi connectivity index (χ2n) is 6.52. The van der Waals surface area contributed by atoms with Crippen LogP contribution in [-0.2, 0) is 11.0 Å². The van der Waals surface area contributed by atoms with Crippen molar-refractivity contribution in [1.82, 2.24) is 5.01 Å². The first-order chi connectivity index (χ1) is 12.4. The van der Waals surface area contributed by atoms with Gasteiger partial charge in [-0.25, -0.2) is 10.0 Å². The van der Waals surface area contributed by atoms with Gasteiger partial charge in [0.15, 0.2) is 0 Å². The number of nitro groups is 1. The number of hydrogen-bond acceptors (Lipinski definition) is 4. The molecule has 1 aromatic carbocycles. The van der Waals surface area contributed by atoms with Gasteiger partial charge >= 0.3 is 12.4 Å². The van der Waals surface area contributed by atoms with Crippen molar-refractivity contribution in [2.75, 3.05) is 18.1 Å². The molecule has 0 aromatic heterocycles. The van der Waals surface area contributed by atoms with Crippen molar-refractivity contribution in [3.05, 3.63) is 33.9 Å². The lowest BCUT2D eigenvalue weighted by atomic mass is 10.1. The van der Waals surface area contributed by atoms with E-state index in [9.17, 15) is 41.3 Å². The number of benzene rings is 1. The zero-order chi connectivity index (χ0) is 20.1. The van der Waals surface area contributed by atoms with E-state index < -0.39 is 52.6 Å². The van der Waals surface area contributed by atoms with Crippen LogP contribution in [0.25, 0.3) is 0 Å². The highest BCUT2D eigenvalue weighted by atomic mass is 19.4. The summed E-state index contributed by atoms with van der Waals surface area (Å²) in [4.78, 5) is 22.4. The second kappa shape index (κ2) is 6.36. The van der Waals surface area contributed by atoms with Crippen LogP contribution < -0.4 is 5.01 Å². The number of alkyl halides is 6. The molecule has 1 saturated heterocycles. The Morgan fingerprint density at radius 3 is 2.26 bits per heavy atom. The van der Waals surface area contributed by atoms with Crippen LogP contribution in [0.15, 0.2) is 18.2 Å². The monoisotopic (exact) mass is 397 g/mol. The third-order valence-electron chi connectivity index (χ3n) is 4.47. The van der Waals surface area contributed by atoms with Gasteiger partial charge in [0.05, 0.1) is 10.5 Å². The van der Waals surface area contributed by atoms with E-state index in [1.807, 2.05) is 0 Å². The Bertz CT molecular complexity index is 775. The molecule has 1 unspecified atom stereocenters. The highest BCUT2D eigenvalue weighted by molar-refractivity contribution is 5.98. The molecular weight excluding hydrogens is 384 g/mol. The molecule has 0 bridgehead atoms. The summed E-state index contributed by atoms with van der Waals surface area (Å²) in [6.45, 7) is -0.659. The third kappa shape index (κ3) is 3.84. The maximum absolute atomic E-state index is 13.1. The minimum Gasteiger partial charge on any atom is -0.272 e. The van der Waals surface area contributed by atoms with Gasteiger partial charge in [-0.3, -0.25) is 14.9 Å². The number of nitrogens with zero attached hydrogens (tertiary/aromatic N) is 3. The van der Waals surface area contributed by atoms with Crippen molar-refractivity contribution >= 4 is 17.3 Å². The smallest absolute Gasteiger partial charge is 0.272 e.